The molecule has 82 valence electrons. The van der Waals surface area contributed by atoms with Gasteiger partial charge in [0.2, 0.25) is 0 Å². The van der Waals surface area contributed by atoms with Crippen molar-refractivity contribution >= 4 is 23.2 Å². The molecule has 0 fully saturated rings. The summed E-state index contributed by atoms with van der Waals surface area (Å²) in [7, 11) is 0. The summed E-state index contributed by atoms with van der Waals surface area (Å²) < 4.78 is 12.7. The second-order valence-corrected chi connectivity index (χ2v) is 3.91. The Morgan fingerprint density at radius 3 is 2.60 bits per heavy atom. The Balaban J connectivity index is 2.53. The summed E-state index contributed by atoms with van der Waals surface area (Å²) in [4.78, 5) is 0. The monoisotopic (exact) mass is 247 g/mol. The maximum atomic E-state index is 12.7. The zero-order valence-corrected chi connectivity index (χ0v) is 9.82. The van der Waals surface area contributed by atoms with Crippen molar-refractivity contribution in [1.82, 2.24) is 5.32 Å². The fourth-order valence-electron chi connectivity index (χ4n) is 1.16. The highest BCUT2D eigenvalue weighted by Gasteiger charge is 2.04. The molecule has 1 N–H and O–H groups in total. The van der Waals surface area contributed by atoms with Crippen molar-refractivity contribution in [3.8, 4) is 0 Å². The minimum absolute atomic E-state index is 0.107. The lowest BCUT2D eigenvalue weighted by atomic mass is 10.1. The van der Waals surface area contributed by atoms with E-state index >= 15 is 0 Å². The topological polar surface area (TPSA) is 12.0 Å². The average Bonchev–Trinajstić information content (AvgIpc) is 2.26. The summed E-state index contributed by atoms with van der Waals surface area (Å²) in [5, 5.41) is 3.71. The fraction of sp³-hybridized carbons (Fsp3) is 0.273. The molecule has 1 rings (SSSR count). The van der Waals surface area contributed by atoms with Crippen LogP contribution in [0.4, 0.5) is 4.39 Å². The van der Waals surface area contributed by atoms with Crippen LogP contribution in [-0.4, -0.2) is 6.54 Å². The van der Waals surface area contributed by atoms with Crippen molar-refractivity contribution in [3.05, 3.63) is 46.2 Å². The third-order valence-corrected chi connectivity index (χ3v) is 2.68. The first-order chi connectivity index (χ1) is 7.13. The fourth-order valence-corrected chi connectivity index (χ4v) is 1.31. The maximum Gasteiger partial charge on any atom is 0.123 e. The minimum atomic E-state index is -0.232. The standard InChI is InChI=1S/C11H12Cl2FN/c1-8(15-7-10(13)6-12)9-2-4-11(14)5-3-9/h2-6,8,15H,7H2,1H3/b10-6-/t8-/m1/s1. The van der Waals surface area contributed by atoms with E-state index in [-0.39, 0.29) is 11.9 Å². The molecule has 0 aliphatic carbocycles. The summed E-state index contributed by atoms with van der Waals surface area (Å²) >= 11 is 11.1. The van der Waals surface area contributed by atoms with Gasteiger partial charge in [-0.05, 0) is 24.6 Å². The van der Waals surface area contributed by atoms with Crippen LogP contribution in [0.25, 0.3) is 0 Å². The van der Waals surface area contributed by atoms with Gasteiger partial charge in [0.15, 0.2) is 0 Å². The average molecular weight is 248 g/mol. The first kappa shape index (κ1) is 12.5. The summed E-state index contributed by atoms with van der Waals surface area (Å²) in [6.07, 6.45) is 0. The van der Waals surface area contributed by atoms with Crippen LogP contribution in [0.15, 0.2) is 34.8 Å². The summed E-state index contributed by atoms with van der Waals surface area (Å²) in [5.74, 6) is -0.232. The summed E-state index contributed by atoms with van der Waals surface area (Å²) in [6, 6.07) is 6.46. The number of halogens is 3. The molecule has 15 heavy (non-hydrogen) atoms. The van der Waals surface area contributed by atoms with Gasteiger partial charge in [-0.1, -0.05) is 35.3 Å². The van der Waals surface area contributed by atoms with Crippen LogP contribution in [0.1, 0.15) is 18.5 Å². The number of hydrogen-bond donors (Lipinski definition) is 1. The van der Waals surface area contributed by atoms with Gasteiger partial charge in [0.25, 0.3) is 0 Å². The molecule has 0 heterocycles. The van der Waals surface area contributed by atoms with E-state index in [1.165, 1.54) is 17.7 Å². The number of benzene rings is 1. The van der Waals surface area contributed by atoms with E-state index < -0.39 is 0 Å². The van der Waals surface area contributed by atoms with Crippen molar-refractivity contribution in [2.75, 3.05) is 6.54 Å². The van der Waals surface area contributed by atoms with Crippen LogP contribution in [0.3, 0.4) is 0 Å². The molecule has 0 saturated carbocycles. The zero-order valence-electron chi connectivity index (χ0n) is 8.31. The lowest BCUT2D eigenvalue weighted by Gasteiger charge is -2.13. The van der Waals surface area contributed by atoms with Gasteiger partial charge < -0.3 is 5.32 Å². The molecular formula is C11H12Cl2FN. The molecule has 0 saturated heterocycles. The van der Waals surface area contributed by atoms with E-state index in [2.05, 4.69) is 5.32 Å². The van der Waals surface area contributed by atoms with Crippen molar-refractivity contribution in [1.29, 1.82) is 0 Å². The van der Waals surface area contributed by atoms with E-state index in [9.17, 15) is 4.39 Å². The molecule has 1 atom stereocenters. The Morgan fingerprint density at radius 1 is 1.47 bits per heavy atom. The van der Waals surface area contributed by atoms with Gasteiger partial charge in [-0.25, -0.2) is 4.39 Å². The quantitative estimate of drug-likeness (QED) is 0.854. The van der Waals surface area contributed by atoms with Crippen molar-refractivity contribution in [3.63, 3.8) is 0 Å². The second kappa shape index (κ2) is 6.11. The van der Waals surface area contributed by atoms with E-state index in [1.807, 2.05) is 6.92 Å². The molecule has 0 aliphatic rings. The molecule has 0 radical (unpaired) electrons. The van der Waals surface area contributed by atoms with Gasteiger partial charge in [0.05, 0.1) is 0 Å². The lowest BCUT2D eigenvalue weighted by Crippen LogP contribution is -2.19. The number of hydrogen-bond acceptors (Lipinski definition) is 1. The molecule has 1 nitrogen and oxygen atoms in total. The lowest BCUT2D eigenvalue weighted by molar-refractivity contribution is 0.603. The molecule has 1 aromatic rings. The molecule has 0 spiro atoms. The van der Waals surface area contributed by atoms with E-state index in [4.69, 9.17) is 23.2 Å². The maximum absolute atomic E-state index is 12.7. The normalized spacial score (nSPS) is 14.0. The van der Waals surface area contributed by atoms with Crippen LogP contribution < -0.4 is 5.32 Å². The third kappa shape index (κ3) is 4.20. The highest BCUT2D eigenvalue weighted by atomic mass is 35.5. The van der Waals surface area contributed by atoms with Gasteiger partial charge >= 0.3 is 0 Å². The van der Waals surface area contributed by atoms with E-state index in [0.717, 1.165) is 5.56 Å². The van der Waals surface area contributed by atoms with Crippen molar-refractivity contribution in [2.45, 2.75) is 13.0 Å². The number of rotatable bonds is 4. The minimum Gasteiger partial charge on any atom is -0.305 e. The van der Waals surface area contributed by atoms with Crippen LogP contribution in [0.5, 0.6) is 0 Å². The Morgan fingerprint density at radius 2 is 2.07 bits per heavy atom. The Kier molecular flexibility index (Phi) is 5.09. The smallest absolute Gasteiger partial charge is 0.123 e. The molecule has 4 heteroatoms. The van der Waals surface area contributed by atoms with Crippen molar-refractivity contribution < 1.29 is 4.39 Å². The Hall–Kier alpha value is -0.570. The van der Waals surface area contributed by atoms with Crippen LogP contribution in [0.2, 0.25) is 0 Å². The molecule has 1 aromatic carbocycles. The van der Waals surface area contributed by atoms with Crippen LogP contribution >= 0.6 is 23.2 Å². The van der Waals surface area contributed by atoms with Gasteiger partial charge in [-0.15, -0.1) is 0 Å². The SMILES string of the molecule is C[C@@H](NC/C(Cl)=C/Cl)c1ccc(F)cc1. The molecule has 0 aliphatic heterocycles. The first-order valence-corrected chi connectivity index (χ1v) is 5.38. The van der Waals surface area contributed by atoms with Gasteiger partial charge in [0.1, 0.15) is 5.82 Å². The van der Waals surface area contributed by atoms with Gasteiger partial charge in [-0.2, -0.15) is 0 Å². The van der Waals surface area contributed by atoms with Crippen LogP contribution in [0, 0.1) is 5.82 Å². The molecule has 0 bridgehead atoms. The summed E-state index contributed by atoms with van der Waals surface area (Å²) in [5.41, 5.74) is 2.34. The predicted molar refractivity (Wildman–Crippen MR) is 62.6 cm³/mol. The Bertz CT molecular complexity index is 335. The second-order valence-electron chi connectivity index (χ2n) is 3.21. The molecule has 0 amide bonds. The predicted octanol–water partition coefficient (Wildman–Crippen LogP) is 3.80. The molecule has 0 aromatic heterocycles. The largest absolute Gasteiger partial charge is 0.305 e. The summed E-state index contributed by atoms with van der Waals surface area (Å²) in [6.45, 7) is 2.48. The first-order valence-electron chi connectivity index (χ1n) is 4.57. The zero-order chi connectivity index (χ0) is 11.3. The number of nitrogens with one attached hydrogen (secondary N) is 1. The van der Waals surface area contributed by atoms with Crippen LogP contribution in [-0.2, 0) is 0 Å². The molecule has 0 unspecified atom stereocenters. The molecular weight excluding hydrogens is 236 g/mol. The van der Waals surface area contributed by atoms with Gasteiger partial charge in [0, 0.05) is 23.2 Å². The highest BCUT2D eigenvalue weighted by molar-refractivity contribution is 6.36. The van der Waals surface area contributed by atoms with E-state index in [0.29, 0.717) is 11.6 Å². The van der Waals surface area contributed by atoms with E-state index in [1.54, 1.807) is 12.1 Å². The Labute approximate surface area is 98.9 Å². The highest BCUT2D eigenvalue weighted by Crippen LogP contribution is 2.13. The third-order valence-electron chi connectivity index (χ3n) is 2.07. The van der Waals surface area contributed by atoms with Gasteiger partial charge in [-0.3, -0.25) is 0 Å². The van der Waals surface area contributed by atoms with Crippen molar-refractivity contribution in [2.24, 2.45) is 0 Å².